The molecule has 11 heavy (non-hydrogen) atoms. The molecule has 1 heterocycles. The number of nitrogens with one attached hydrogen (secondary N) is 2. The third-order valence-corrected chi connectivity index (χ3v) is 1.87. The number of hydrogen-bond acceptors (Lipinski definition) is 4. The Balaban J connectivity index is 2.51. The summed E-state index contributed by atoms with van der Waals surface area (Å²) in [5.41, 5.74) is 1.11. The van der Waals surface area contributed by atoms with Crippen molar-refractivity contribution in [2.75, 3.05) is 27.2 Å². The Bertz CT molecular complexity index is 147. The molecule has 1 aliphatic heterocycles. The first kappa shape index (κ1) is 8.49. The second kappa shape index (κ2) is 4.31. The average molecular weight is 157 g/mol. The van der Waals surface area contributed by atoms with Gasteiger partial charge in [-0.25, -0.2) is 0 Å². The van der Waals surface area contributed by atoms with Crippen LogP contribution in [0.5, 0.6) is 0 Å². The maximum absolute atomic E-state index is 4.73. The summed E-state index contributed by atoms with van der Waals surface area (Å²) in [6, 6.07) is 0.337. The van der Waals surface area contributed by atoms with Crippen LogP contribution in [0, 0.1) is 0 Å². The van der Waals surface area contributed by atoms with Crippen LogP contribution in [0.3, 0.4) is 0 Å². The summed E-state index contributed by atoms with van der Waals surface area (Å²) in [5.74, 6) is 0. The predicted molar refractivity (Wildman–Crippen MR) is 44.8 cm³/mol. The minimum Gasteiger partial charge on any atom is -0.399 e. The first-order valence-corrected chi connectivity index (χ1v) is 3.86. The van der Waals surface area contributed by atoms with Crippen LogP contribution < -0.4 is 10.6 Å². The third kappa shape index (κ3) is 2.17. The molecule has 1 rings (SSSR count). The first-order chi connectivity index (χ1) is 5.38. The number of likely N-dealkylation sites (N-methyl/N-ethyl adjacent to an activating group) is 1. The van der Waals surface area contributed by atoms with E-state index in [9.17, 15) is 0 Å². The Labute approximate surface area is 67.0 Å². The minimum absolute atomic E-state index is 0.337. The molecule has 1 aliphatic rings. The monoisotopic (exact) mass is 157 g/mol. The molecule has 2 N–H and O–H groups in total. The molecule has 0 radical (unpaired) electrons. The van der Waals surface area contributed by atoms with E-state index in [1.807, 2.05) is 7.05 Å². The van der Waals surface area contributed by atoms with Crippen molar-refractivity contribution in [1.29, 1.82) is 0 Å². The van der Waals surface area contributed by atoms with E-state index in [1.165, 1.54) is 0 Å². The van der Waals surface area contributed by atoms with Crippen LogP contribution in [-0.2, 0) is 4.84 Å². The lowest BCUT2D eigenvalue weighted by molar-refractivity contribution is 0.209. The number of oxime groups is 1. The van der Waals surface area contributed by atoms with E-state index < -0.39 is 0 Å². The average Bonchev–Trinajstić information content (AvgIpc) is 2.06. The van der Waals surface area contributed by atoms with Gasteiger partial charge in [-0.2, -0.15) is 0 Å². The van der Waals surface area contributed by atoms with Crippen LogP contribution in [-0.4, -0.2) is 39.0 Å². The predicted octanol–water partition coefficient (Wildman–Crippen LogP) is -0.430. The Morgan fingerprint density at radius 1 is 1.73 bits per heavy atom. The van der Waals surface area contributed by atoms with Crippen LogP contribution >= 0.6 is 0 Å². The zero-order valence-electron chi connectivity index (χ0n) is 7.05. The van der Waals surface area contributed by atoms with Crippen LogP contribution in [0.25, 0.3) is 0 Å². The van der Waals surface area contributed by atoms with E-state index in [-0.39, 0.29) is 0 Å². The van der Waals surface area contributed by atoms with Gasteiger partial charge in [0.1, 0.15) is 7.11 Å². The normalized spacial score (nSPS) is 28.9. The van der Waals surface area contributed by atoms with E-state index in [1.54, 1.807) is 7.11 Å². The van der Waals surface area contributed by atoms with Gasteiger partial charge in [-0.3, -0.25) is 0 Å². The second-order valence-corrected chi connectivity index (χ2v) is 2.56. The van der Waals surface area contributed by atoms with E-state index in [2.05, 4.69) is 15.8 Å². The van der Waals surface area contributed by atoms with E-state index >= 15 is 0 Å². The van der Waals surface area contributed by atoms with Crippen molar-refractivity contribution in [3.63, 3.8) is 0 Å². The maximum atomic E-state index is 4.73. The molecule has 64 valence electrons. The Morgan fingerprint density at radius 2 is 2.55 bits per heavy atom. The second-order valence-electron chi connectivity index (χ2n) is 2.56. The summed E-state index contributed by atoms with van der Waals surface area (Å²) in [5, 5.41) is 10.4. The molecule has 0 aliphatic carbocycles. The molecule has 1 atom stereocenters. The topological polar surface area (TPSA) is 45.7 Å². The lowest BCUT2D eigenvalue weighted by atomic mass is 10.1. The fourth-order valence-corrected chi connectivity index (χ4v) is 1.25. The van der Waals surface area contributed by atoms with Crippen LogP contribution in [0.4, 0.5) is 0 Å². The van der Waals surface area contributed by atoms with Gasteiger partial charge in [-0.1, -0.05) is 5.16 Å². The number of hydrogen-bond donors (Lipinski definition) is 2. The lowest BCUT2D eigenvalue weighted by Crippen LogP contribution is -2.48. The largest absolute Gasteiger partial charge is 0.399 e. The molecular formula is C7H15N3O. The molecule has 4 heteroatoms. The summed E-state index contributed by atoms with van der Waals surface area (Å²) in [6.45, 7) is 1.94. The van der Waals surface area contributed by atoms with Gasteiger partial charge in [0.05, 0.1) is 11.8 Å². The van der Waals surface area contributed by atoms with E-state index in [0.29, 0.717) is 6.04 Å². The van der Waals surface area contributed by atoms with Gasteiger partial charge in [0.15, 0.2) is 0 Å². The van der Waals surface area contributed by atoms with Crippen molar-refractivity contribution < 1.29 is 4.84 Å². The van der Waals surface area contributed by atoms with E-state index in [0.717, 1.165) is 25.2 Å². The molecule has 1 fully saturated rings. The van der Waals surface area contributed by atoms with Crippen molar-refractivity contribution in [2.45, 2.75) is 12.5 Å². The van der Waals surface area contributed by atoms with Crippen molar-refractivity contribution in [1.82, 2.24) is 10.6 Å². The van der Waals surface area contributed by atoms with Gasteiger partial charge in [0.2, 0.25) is 0 Å². The Kier molecular flexibility index (Phi) is 3.32. The molecular weight excluding hydrogens is 142 g/mol. The maximum Gasteiger partial charge on any atom is 0.106 e. The highest BCUT2D eigenvalue weighted by Gasteiger charge is 2.18. The molecule has 1 unspecified atom stereocenters. The highest BCUT2D eigenvalue weighted by atomic mass is 16.6. The summed E-state index contributed by atoms with van der Waals surface area (Å²) >= 11 is 0. The third-order valence-electron chi connectivity index (χ3n) is 1.87. The highest BCUT2D eigenvalue weighted by Crippen LogP contribution is 1.99. The van der Waals surface area contributed by atoms with Gasteiger partial charge in [-0.05, 0) is 7.05 Å². The smallest absolute Gasteiger partial charge is 0.106 e. The van der Waals surface area contributed by atoms with Gasteiger partial charge >= 0.3 is 0 Å². The standard InChI is InChI=1S/C7H15N3O/c1-8-7-5-9-4-3-6(7)10-11-2/h7-9H,3-5H2,1-2H3. The summed E-state index contributed by atoms with van der Waals surface area (Å²) < 4.78 is 0. The van der Waals surface area contributed by atoms with Gasteiger partial charge in [0, 0.05) is 19.5 Å². The molecule has 0 aromatic carbocycles. The molecule has 4 nitrogen and oxygen atoms in total. The molecule has 0 aromatic heterocycles. The molecule has 1 saturated heterocycles. The minimum atomic E-state index is 0.337. The van der Waals surface area contributed by atoms with E-state index in [4.69, 9.17) is 4.84 Å². The van der Waals surface area contributed by atoms with Crippen molar-refractivity contribution in [2.24, 2.45) is 5.16 Å². The Hall–Kier alpha value is -0.610. The van der Waals surface area contributed by atoms with Gasteiger partial charge in [0.25, 0.3) is 0 Å². The SMILES string of the molecule is CNC1CNCCC1=NOC. The summed E-state index contributed by atoms with van der Waals surface area (Å²) in [4.78, 5) is 4.73. The lowest BCUT2D eigenvalue weighted by Gasteiger charge is -2.23. The Morgan fingerprint density at radius 3 is 3.18 bits per heavy atom. The van der Waals surface area contributed by atoms with Crippen molar-refractivity contribution in [3.8, 4) is 0 Å². The molecule has 0 saturated carbocycles. The first-order valence-electron chi connectivity index (χ1n) is 3.86. The van der Waals surface area contributed by atoms with Crippen molar-refractivity contribution in [3.05, 3.63) is 0 Å². The number of piperidine rings is 1. The molecule has 0 spiro atoms. The zero-order chi connectivity index (χ0) is 8.10. The molecule has 0 amide bonds. The molecule has 0 bridgehead atoms. The summed E-state index contributed by atoms with van der Waals surface area (Å²) in [7, 11) is 3.52. The van der Waals surface area contributed by atoms with Crippen molar-refractivity contribution >= 4 is 5.71 Å². The van der Waals surface area contributed by atoms with Crippen LogP contribution in [0.15, 0.2) is 5.16 Å². The van der Waals surface area contributed by atoms with Gasteiger partial charge < -0.3 is 15.5 Å². The number of rotatable bonds is 2. The summed E-state index contributed by atoms with van der Waals surface area (Å²) in [6.07, 6.45) is 0.972. The van der Waals surface area contributed by atoms with Crippen LogP contribution in [0.2, 0.25) is 0 Å². The van der Waals surface area contributed by atoms with Crippen LogP contribution in [0.1, 0.15) is 6.42 Å². The fourth-order valence-electron chi connectivity index (χ4n) is 1.25. The zero-order valence-corrected chi connectivity index (χ0v) is 7.05. The van der Waals surface area contributed by atoms with Gasteiger partial charge in [-0.15, -0.1) is 0 Å². The molecule has 0 aromatic rings. The highest BCUT2D eigenvalue weighted by molar-refractivity contribution is 5.90. The quantitative estimate of drug-likeness (QED) is 0.535. The number of nitrogens with zero attached hydrogens (tertiary/aromatic N) is 1. The fraction of sp³-hybridized carbons (Fsp3) is 0.857.